The Hall–Kier alpha value is -3.39. The lowest BCUT2D eigenvalue weighted by Crippen LogP contribution is -2.40. The number of nitrogens with zero attached hydrogens (tertiary/aromatic N) is 1. The Morgan fingerprint density at radius 2 is 1.85 bits per heavy atom. The SMILES string of the molecule is CC(=O)OCCC1COc2ccc(NC(=O)c3ccc(C(=N)N4CCOCC4)cc3)cc2C1. The van der Waals surface area contributed by atoms with Gasteiger partial charge < -0.3 is 24.4 Å². The number of nitrogens with one attached hydrogen (secondary N) is 2. The molecule has 4 rings (SSSR count). The molecule has 0 radical (unpaired) electrons. The van der Waals surface area contributed by atoms with Gasteiger partial charge in [0.05, 0.1) is 26.4 Å². The number of ether oxygens (including phenoxy) is 3. The molecule has 0 bridgehead atoms. The molecule has 2 aromatic rings. The van der Waals surface area contributed by atoms with E-state index in [4.69, 9.17) is 19.6 Å². The molecule has 2 aromatic carbocycles. The van der Waals surface area contributed by atoms with Crippen LogP contribution in [0.15, 0.2) is 42.5 Å². The maximum Gasteiger partial charge on any atom is 0.302 e. The summed E-state index contributed by atoms with van der Waals surface area (Å²) in [7, 11) is 0. The standard InChI is InChI=1S/C25H29N3O5/c1-17(29)32-11-8-18-14-21-15-22(6-7-23(21)33-16-18)27-25(30)20-4-2-19(3-5-20)24(26)28-9-12-31-13-10-28/h2-7,15,18,26H,8-14,16H2,1H3,(H,27,30). The molecule has 0 aromatic heterocycles. The first-order chi connectivity index (χ1) is 16.0. The van der Waals surface area contributed by atoms with E-state index < -0.39 is 0 Å². The first kappa shape index (κ1) is 22.8. The Kier molecular flexibility index (Phi) is 7.24. The molecule has 2 N–H and O–H groups in total. The Morgan fingerprint density at radius 3 is 2.58 bits per heavy atom. The Morgan fingerprint density at radius 1 is 1.12 bits per heavy atom. The van der Waals surface area contributed by atoms with E-state index in [-0.39, 0.29) is 17.8 Å². The molecule has 0 spiro atoms. The van der Waals surface area contributed by atoms with E-state index in [0.717, 1.165) is 29.7 Å². The van der Waals surface area contributed by atoms with Crippen molar-refractivity contribution in [1.29, 1.82) is 5.41 Å². The van der Waals surface area contributed by atoms with E-state index >= 15 is 0 Å². The second-order valence-electron chi connectivity index (χ2n) is 8.31. The third-order valence-electron chi connectivity index (χ3n) is 5.88. The summed E-state index contributed by atoms with van der Waals surface area (Å²) in [5.41, 5.74) is 3.04. The minimum absolute atomic E-state index is 0.206. The fourth-order valence-corrected chi connectivity index (χ4v) is 4.04. The van der Waals surface area contributed by atoms with Gasteiger partial charge in [0, 0.05) is 42.7 Å². The van der Waals surface area contributed by atoms with Crippen LogP contribution in [0.4, 0.5) is 5.69 Å². The molecule has 1 unspecified atom stereocenters. The van der Waals surface area contributed by atoms with Crippen molar-refractivity contribution in [2.24, 2.45) is 5.92 Å². The summed E-state index contributed by atoms with van der Waals surface area (Å²) in [6.07, 6.45) is 1.54. The van der Waals surface area contributed by atoms with Crippen molar-refractivity contribution < 1.29 is 23.8 Å². The molecule has 1 saturated heterocycles. The van der Waals surface area contributed by atoms with Gasteiger partial charge in [-0.15, -0.1) is 0 Å². The van der Waals surface area contributed by atoms with Gasteiger partial charge in [0.2, 0.25) is 0 Å². The van der Waals surface area contributed by atoms with Crippen molar-refractivity contribution in [3.05, 3.63) is 59.2 Å². The van der Waals surface area contributed by atoms with E-state index in [1.54, 1.807) is 24.3 Å². The Bertz CT molecular complexity index is 1020. The van der Waals surface area contributed by atoms with Gasteiger partial charge in [-0.25, -0.2) is 0 Å². The highest BCUT2D eigenvalue weighted by Gasteiger charge is 2.21. The first-order valence-corrected chi connectivity index (χ1v) is 11.2. The van der Waals surface area contributed by atoms with Gasteiger partial charge in [-0.2, -0.15) is 0 Å². The predicted molar refractivity (Wildman–Crippen MR) is 124 cm³/mol. The number of anilines is 1. The normalized spacial score (nSPS) is 17.5. The van der Waals surface area contributed by atoms with E-state index in [1.165, 1.54) is 6.92 Å². The monoisotopic (exact) mass is 451 g/mol. The van der Waals surface area contributed by atoms with E-state index in [9.17, 15) is 9.59 Å². The molecular formula is C25H29N3O5. The highest BCUT2D eigenvalue weighted by molar-refractivity contribution is 6.05. The summed E-state index contributed by atoms with van der Waals surface area (Å²) in [5.74, 6) is 1.05. The fourth-order valence-electron chi connectivity index (χ4n) is 4.04. The quantitative estimate of drug-likeness (QED) is 0.398. The van der Waals surface area contributed by atoms with Gasteiger partial charge in [0.25, 0.3) is 5.91 Å². The van der Waals surface area contributed by atoms with Crippen LogP contribution in [-0.4, -0.2) is 62.1 Å². The van der Waals surface area contributed by atoms with Crippen LogP contribution in [-0.2, 0) is 20.7 Å². The van der Waals surface area contributed by atoms with Gasteiger partial charge in [-0.05, 0) is 48.7 Å². The van der Waals surface area contributed by atoms with Crippen LogP contribution in [0.3, 0.4) is 0 Å². The fraction of sp³-hybridized carbons (Fsp3) is 0.400. The average molecular weight is 452 g/mol. The number of hydrogen-bond acceptors (Lipinski definition) is 6. The van der Waals surface area contributed by atoms with Crippen LogP contribution in [0.5, 0.6) is 5.75 Å². The van der Waals surface area contributed by atoms with Crippen molar-refractivity contribution in [1.82, 2.24) is 4.90 Å². The largest absolute Gasteiger partial charge is 0.493 e. The van der Waals surface area contributed by atoms with Crippen LogP contribution >= 0.6 is 0 Å². The van der Waals surface area contributed by atoms with Crippen molar-refractivity contribution in [2.75, 3.05) is 44.8 Å². The van der Waals surface area contributed by atoms with Crippen LogP contribution in [0, 0.1) is 11.3 Å². The number of morpholine rings is 1. The molecule has 8 heteroatoms. The summed E-state index contributed by atoms with van der Waals surface area (Å²) in [6, 6.07) is 12.7. The predicted octanol–water partition coefficient (Wildman–Crippen LogP) is 3.10. The lowest BCUT2D eigenvalue weighted by atomic mass is 9.94. The minimum Gasteiger partial charge on any atom is -0.493 e. The smallest absolute Gasteiger partial charge is 0.302 e. The second-order valence-corrected chi connectivity index (χ2v) is 8.31. The molecular weight excluding hydrogens is 422 g/mol. The number of amides is 1. The summed E-state index contributed by atoms with van der Waals surface area (Å²) in [4.78, 5) is 25.7. The lowest BCUT2D eigenvalue weighted by Gasteiger charge is -2.29. The van der Waals surface area contributed by atoms with Gasteiger partial charge in [-0.1, -0.05) is 12.1 Å². The molecule has 0 aliphatic carbocycles. The number of fused-ring (bicyclic) bond motifs is 1. The van der Waals surface area contributed by atoms with Crippen LogP contribution in [0.25, 0.3) is 0 Å². The van der Waals surface area contributed by atoms with Crippen molar-refractivity contribution in [3.8, 4) is 5.75 Å². The first-order valence-electron chi connectivity index (χ1n) is 11.2. The number of esters is 1. The lowest BCUT2D eigenvalue weighted by molar-refractivity contribution is -0.141. The summed E-state index contributed by atoms with van der Waals surface area (Å²) in [5, 5.41) is 11.3. The van der Waals surface area contributed by atoms with E-state index in [0.29, 0.717) is 56.6 Å². The van der Waals surface area contributed by atoms with Crippen LogP contribution < -0.4 is 10.1 Å². The van der Waals surface area contributed by atoms with Gasteiger partial charge in [-0.3, -0.25) is 15.0 Å². The molecule has 1 fully saturated rings. The second kappa shape index (κ2) is 10.5. The molecule has 2 heterocycles. The third kappa shape index (κ3) is 5.90. The Labute approximate surface area is 193 Å². The van der Waals surface area contributed by atoms with Crippen molar-refractivity contribution in [2.45, 2.75) is 19.8 Å². The molecule has 33 heavy (non-hydrogen) atoms. The molecule has 1 amide bonds. The van der Waals surface area contributed by atoms with Crippen LogP contribution in [0.1, 0.15) is 34.8 Å². The molecule has 1 atom stereocenters. The molecule has 2 aliphatic heterocycles. The highest BCUT2D eigenvalue weighted by atomic mass is 16.5. The summed E-state index contributed by atoms with van der Waals surface area (Å²) < 4.78 is 16.2. The van der Waals surface area contributed by atoms with Crippen LogP contribution in [0.2, 0.25) is 0 Å². The molecule has 8 nitrogen and oxygen atoms in total. The molecule has 174 valence electrons. The number of carbonyl (C=O) groups is 2. The maximum absolute atomic E-state index is 12.8. The zero-order chi connectivity index (χ0) is 23.2. The van der Waals surface area contributed by atoms with Crippen molar-refractivity contribution in [3.63, 3.8) is 0 Å². The van der Waals surface area contributed by atoms with Gasteiger partial charge >= 0.3 is 5.97 Å². The summed E-state index contributed by atoms with van der Waals surface area (Å²) >= 11 is 0. The topological polar surface area (TPSA) is 101 Å². The minimum atomic E-state index is -0.275. The van der Waals surface area contributed by atoms with E-state index in [2.05, 4.69) is 5.32 Å². The Balaban J connectivity index is 1.36. The van der Waals surface area contributed by atoms with Gasteiger partial charge in [0.15, 0.2) is 0 Å². The summed E-state index contributed by atoms with van der Waals surface area (Å²) in [6.45, 7) is 5.04. The number of amidine groups is 1. The van der Waals surface area contributed by atoms with E-state index in [1.807, 2.05) is 23.1 Å². The van der Waals surface area contributed by atoms with Gasteiger partial charge in [0.1, 0.15) is 11.6 Å². The van der Waals surface area contributed by atoms with Crippen molar-refractivity contribution >= 4 is 23.4 Å². The number of benzene rings is 2. The maximum atomic E-state index is 12.8. The zero-order valence-corrected chi connectivity index (χ0v) is 18.8. The zero-order valence-electron chi connectivity index (χ0n) is 18.8. The molecule has 2 aliphatic rings. The number of carbonyl (C=O) groups excluding carboxylic acids is 2. The average Bonchev–Trinajstić information content (AvgIpc) is 2.84. The number of rotatable bonds is 6. The number of hydrogen-bond donors (Lipinski definition) is 2. The highest BCUT2D eigenvalue weighted by Crippen LogP contribution is 2.31. The molecule has 0 saturated carbocycles. The third-order valence-corrected chi connectivity index (χ3v) is 5.88.